The number of anilines is 4. The molecule has 0 heterocycles. The molecule has 17 heavy (non-hydrogen) atoms. The zero-order chi connectivity index (χ0) is 12.8. The van der Waals surface area contributed by atoms with Crippen molar-refractivity contribution in [2.24, 2.45) is 0 Å². The predicted molar refractivity (Wildman–Crippen MR) is 75.3 cm³/mol. The van der Waals surface area contributed by atoms with Crippen molar-refractivity contribution in [3.63, 3.8) is 0 Å². The molecule has 0 atom stereocenters. The summed E-state index contributed by atoms with van der Waals surface area (Å²) in [6.07, 6.45) is 0. The van der Waals surface area contributed by atoms with Gasteiger partial charge in [-0.1, -0.05) is 6.07 Å². The molecule has 0 aromatic heterocycles. The van der Waals surface area contributed by atoms with Gasteiger partial charge in [0.15, 0.2) is 0 Å². The maximum Gasteiger partial charge on any atom is 0.0364 e. The molecule has 0 fully saturated rings. The number of hydrogen-bond acceptors (Lipinski definition) is 4. The molecule has 0 bridgehead atoms. The molecule has 2 aromatic rings. The van der Waals surface area contributed by atoms with Gasteiger partial charge >= 0.3 is 0 Å². The van der Waals surface area contributed by atoms with Gasteiger partial charge in [-0.15, -0.1) is 0 Å². The molecule has 0 aliphatic heterocycles. The van der Waals surface area contributed by atoms with E-state index in [4.69, 9.17) is 22.9 Å². The van der Waals surface area contributed by atoms with E-state index < -0.39 is 0 Å². The minimum Gasteiger partial charge on any atom is -0.399 e. The van der Waals surface area contributed by atoms with Crippen molar-refractivity contribution < 1.29 is 0 Å². The zero-order valence-corrected chi connectivity index (χ0v) is 9.85. The fraction of sp³-hybridized carbons (Fsp3) is 0.0769. The van der Waals surface area contributed by atoms with Gasteiger partial charge in [-0.05, 0) is 48.9 Å². The summed E-state index contributed by atoms with van der Waals surface area (Å²) in [6, 6.07) is 12.6. The fourth-order valence-electron chi connectivity index (χ4n) is 1.17. The highest BCUT2D eigenvalue weighted by Gasteiger charge is 1.93. The Morgan fingerprint density at radius 2 is 1.00 bits per heavy atom. The van der Waals surface area contributed by atoms with Crippen LogP contribution in [0.4, 0.5) is 22.7 Å². The van der Waals surface area contributed by atoms with Gasteiger partial charge in [-0.3, -0.25) is 0 Å². The van der Waals surface area contributed by atoms with Gasteiger partial charge in [-0.25, -0.2) is 0 Å². The Hall–Kier alpha value is -2.36. The highest BCUT2D eigenvalue weighted by molar-refractivity contribution is 5.60. The van der Waals surface area contributed by atoms with Gasteiger partial charge in [0.05, 0.1) is 0 Å². The summed E-state index contributed by atoms with van der Waals surface area (Å²) in [5.74, 6) is 0. The van der Waals surface area contributed by atoms with Gasteiger partial charge in [0.1, 0.15) is 0 Å². The van der Waals surface area contributed by atoms with Crippen LogP contribution < -0.4 is 22.9 Å². The minimum atomic E-state index is 0.749. The lowest BCUT2D eigenvalue weighted by Gasteiger charge is -2.00. The molecule has 0 radical (unpaired) electrons. The van der Waals surface area contributed by atoms with Crippen molar-refractivity contribution in [1.29, 1.82) is 0 Å². The zero-order valence-electron chi connectivity index (χ0n) is 9.85. The summed E-state index contributed by atoms with van der Waals surface area (Å²) in [6.45, 7) is 1.91. The standard InChI is InChI=1S/C7H10N2.C6H8N2/c1-5-6(8)3-2-4-7(5)9;7-5-1-2-6(8)4-3-5/h2-4H,8-9H2,1H3;1-4H,7-8H2. The Morgan fingerprint density at radius 3 is 1.29 bits per heavy atom. The Balaban J connectivity index is 0.000000171. The largest absolute Gasteiger partial charge is 0.399 e. The van der Waals surface area contributed by atoms with Gasteiger partial charge in [0.2, 0.25) is 0 Å². The Kier molecular flexibility index (Phi) is 4.22. The van der Waals surface area contributed by atoms with Crippen molar-refractivity contribution in [1.82, 2.24) is 0 Å². The van der Waals surface area contributed by atoms with E-state index in [0.29, 0.717) is 0 Å². The van der Waals surface area contributed by atoms with E-state index in [1.165, 1.54) is 0 Å². The summed E-state index contributed by atoms with van der Waals surface area (Å²) in [4.78, 5) is 0. The summed E-state index contributed by atoms with van der Waals surface area (Å²) in [7, 11) is 0. The average molecular weight is 230 g/mol. The third kappa shape index (κ3) is 3.95. The van der Waals surface area contributed by atoms with Crippen LogP contribution in [0.1, 0.15) is 5.56 Å². The maximum absolute atomic E-state index is 5.54. The van der Waals surface area contributed by atoms with Gasteiger partial charge in [0.25, 0.3) is 0 Å². The predicted octanol–water partition coefficient (Wildman–Crippen LogP) is 2.01. The summed E-state index contributed by atoms with van der Waals surface area (Å²) < 4.78 is 0. The van der Waals surface area contributed by atoms with E-state index in [9.17, 15) is 0 Å². The summed E-state index contributed by atoms with van der Waals surface area (Å²) >= 11 is 0. The van der Waals surface area contributed by atoms with Crippen LogP contribution in [-0.2, 0) is 0 Å². The summed E-state index contributed by atoms with van der Waals surface area (Å²) in [5.41, 5.74) is 25.8. The first-order chi connectivity index (χ1) is 8.00. The second kappa shape index (κ2) is 5.65. The molecular weight excluding hydrogens is 212 g/mol. The fourth-order valence-corrected chi connectivity index (χ4v) is 1.17. The topological polar surface area (TPSA) is 104 Å². The Bertz CT molecular complexity index is 436. The van der Waals surface area contributed by atoms with Crippen molar-refractivity contribution in [2.45, 2.75) is 6.92 Å². The quantitative estimate of drug-likeness (QED) is 0.519. The smallest absolute Gasteiger partial charge is 0.0364 e. The average Bonchev–Trinajstić information content (AvgIpc) is 2.31. The molecule has 2 rings (SSSR count). The van der Waals surface area contributed by atoms with Gasteiger partial charge in [-0.2, -0.15) is 0 Å². The minimum absolute atomic E-state index is 0.749. The first-order valence-electron chi connectivity index (χ1n) is 5.22. The molecule has 0 amide bonds. The number of hydrogen-bond donors (Lipinski definition) is 4. The number of nitrogen functional groups attached to an aromatic ring is 4. The molecule has 0 spiro atoms. The van der Waals surface area contributed by atoms with Crippen LogP contribution >= 0.6 is 0 Å². The highest BCUT2D eigenvalue weighted by Crippen LogP contribution is 2.16. The lowest BCUT2D eigenvalue weighted by atomic mass is 10.2. The van der Waals surface area contributed by atoms with Crippen molar-refractivity contribution in [3.05, 3.63) is 48.0 Å². The third-order valence-corrected chi connectivity index (χ3v) is 2.35. The molecule has 0 saturated heterocycles. The van der Waals surface area contributed by atoms with E-state index in [2.05, 4.69) is 0 Å². The molecule has 2 aromatic carbocycles. The van der Waals surface area contributed by atoms with Crippen molar-refractivity contribution >= 4 is 22.7 Å². The molecule has 90 valence electrons. The second-order valence-corrected chi connectivity index (χ2v) is 3.73. The van der Waals surface area contributed by atoms with Crippen molar-refractivity contribution in [2.75, 3.05) is 22.9 Å². The van der Waals surface area contributed by atoms with Crippen LogP contribution in [0, 0.1) is 6.92 Å². The SMILES string of the molecule is Cc1c(N)cccc1N.Nc1ccc(N)cc1. The Morgan fingerprint density at radius 1 is 0.647 bits per heavy atom. The molecule has 4 heteroatoms. The molecular formula is C13H18N4. The van der Waals surface area contributed by atoms with Crippen LogP contribution in [0.3, 0.4) is 0 Å². The lowest BCUT2D eigenvalue weighted by Crippen LogP contribution is -1.94. The van der Waals surface area contributed by atoms with E-state index in [1.54, 1.807) is 24.3 Å². The molecule has 0 aliphatic carbocycles. The highest BCUT2D eigenvalue weighted by atomic mass is 14.6. The molecule has 0 saturated carbocycles. The van der Waals surface area contributed by atoms with Crippen molar-refractivity contribution in [3.8, 4) is 0 Å². The monoisotopic (exact) mass is 230 g/mol. The normalized spacial score (nSPS) is 9.24. The number of benzene rings is 2. The Labute approximate surface area is 101 Å². The van der Waals surface area contributed by atoms with Crippen LogP contribution in [0.15, 0.2) is 42.5 Å². The molecule has 0 unspecified atom stereocenters. The first kappa shape index (κ1) is 12.7. The molecule has 4 nitrogen and oxygen atoms in total. The van der Waals surface area contributed by atoms with E-state index >= 15 is 0 Å². The maximum atomic E-state index is 5.54. The van der Waals surface area contributed by atoms with Crippen LogP contribution in [0.2, 0.25) is 0 Å². The molecule has 8 N–H and O–H groups in total. The van der Waals surface area contributed by atoms with Gasteiger partial charge < -0.3 is 22.9 Å². The third-order valence-electron chi connectivity index (χ3n) is 2.35. The van der Waals surface area contributed by atoms with Gasteiger partial charge in [0, 0.05) is 22.7 Å². The molecule has 0 aliphatic rings. The van der Waals surface area contributed by atoms with Crippen LogP contribution in [0.25, 0.3) is 0 Å². The lowest BCUT2D eigenvalue weighted by molar-refractivity contribution is 1.47. The summed E-state index contributed by atoms with van der Waals surface area (Å²) in [5, 5.41) is 0. The first-order valence-corrected chi connectivity index (χ1v) is 5.22. The van der Waals surface area contributed by atoms with Crippen LogP contribution in [0.5, 0.6) is 0 Å². The van der Waals surface area contributed by atoms with E-state index in [1.807, 2.05) is 25.1 Å². The number of nitrogens with two attached hydrogens (primary N) is 4. The van der Waals surface area contributed by atoms with E-state index in [-0.39, 0.29) is 0 Å². The second-order valence-electron chi connectivity index (χ2n) is 3.73. The number of rotatable bonds is 0. The van der Waals surface area contributed by atoms with Crippen LogP contribution in [-0.4, -0.2) is 0 Å². The van der Waals surface area contributed by atoms with E-state index in [0.717, 1.165) is 28.3 Å².